The van der Waals surface area contributed by atoms with Gasteiger partial charge in [0.15, 0.2) is 11.7 Å². The second-order valence-electron chi connectivity index (χ2n) is 4.84. The zero-order valence-electron chi connectivity index (χ0n) is 12.7. The van der Waals surface area contributed by atoms with Crippen LogP contribution in [-0.4, -0.2) is 36.5 Å². The molecule has 126 valence electrons. The molecule has 0 bridgehead atoms. The number of hydrogen-bond acceptors (Lipinski definition) is 4. The lowest BCUT2D eigenvalue weighted by atomic mass is 10.3. The van der Waals surface area contributed by atoms with Crippen molar-refractivity contribution in [2.24, 2.45) is 4.99 Å². The Hall–Kier alpha value is -1.61. The van der Waals surface area contributed by atoms with Crippen LogP contribution in [0.2, 0.25) is 0 Å². The second kappa shape index (κ2) is 7.78. The fourth-order valence-electron chi connectivity index (χ4n) is 1.95. The molecule has 2 rings (SSSR count). The van der Waals surface area contributed by atoms with Crippen molar-refractivity contribution in [2.75, 3.05) is 20.6 Å². The van der Waals surface area contributed by atoms with Gasteiger partial charge in [-0.3, -0.25) is 4.99 Å². The molecule has 0 unspecified atom stereocenters. The molecule has 0 aliphatic rings. The zero-order chi connectivity index (χ0) is 16.9. The molecule has 9 heteroatoms. The Balaban J connectivity index is 1.83. The number of thiophene rings is 1. The van der Waals surface area contributed by atoms with Gasteiger partial charge in [-0.1, -0.05) is 0 Å². The molecule has 4 nitrogen and oxygen atoms in total. The lowest BCUT2D eigenvalue weighted by molar-refractivity contribution is -0.140. The molecule has 2 heterocycles. The first-order chi connectivity index (χ1) is 10.9. The molecular formula is C14H17F3N4S2. The van der Waals surface area contributed by atoms with E-state index in [1.807, 2.05) is 23.4 Å². The Labute approximate surface area is 140 Å². The number of alkyl halides is 3. The van der Waals surface area contributed by atoms with E-state index in [1.165, 1.54) is 5.56 Å². The van der Waals surface area contributed by atoms with Crippen LogP contribution in [0.25, 0.3) is 0 Å². The third-order valence-corrected chi connectivity index (χ3v) is 4.68. The lowest BCUT2D eigenvalue weighted by Gasteiger charge is -2.21. The highest BCUT2D eigenvalue weighted by molar-refractivity contribution is 7.09. The number of halogens is 3. The van der Waals surface area contributed by atoms with E-state index in [-0.39, 0.29) is 0 Å². The van der Waals surface area contributed by atoms with Crippen LogP contribution in [0, 0.1) is 0 Å². The molecule has 0 aliphatic heterocycles. The van der Waals surface area contributed by atoms with Gasteiger partial charge in [-0.15, -0.1) is 11.3 Å². The molecule has 2 aromatic heterocycles. The van der Waals surface area contributed by atoms with Gasteiger partial charge in [-0.25, -0.2) is 4.98 Å². The Morgan fingerprint density at radius 3 is 2.74 bits per heavy atom. The van der Waals surface area contributed by atoms with E-state index in [0.717, 1.165) is 23.3 Å². The highest BCUT2D eigenvalue weighted by Crippen LogP contribution is 2.29. The molecule has 1 N–H and O–H groups in total. The standard InChI is InChI=1S/C14H17F3N4S2/c1-18-13(21(2)7-10-4-6-22-8-10)19-5-3-12-20-11(9-23-12)14(15,16)17/h4,6,8-9H,3,5,7H2,1-2H3,(H,18,19). The van der Waals surface area contributed by atoms with Crippen molar-refractivity contribution in [3.8, 4) is 0 Å². The molecule has 0 amide bonds. The van der Waals surface area contributed by atoms with Gasteiger partial charge in [0.25, 0.3) is 0 Å². The van der Waals surface area contributed by atoms with E-state index in [2.05, 4.69) is 20.7 Å². The monoisotopic (exact) mass is 362 g/mol. The molecule has 0 fully saturated rings. The highest BCUT2D eigenvalue weighted by Gasteiger charge is 2.33. The summed E-state index contributed by atoms with van der Waals surface area (Å²) in [5, 5.41) is 8.73. The first-order valence-electron chi connectivity index (χ1n) is 6.84. The van der Waals surface area contributed by atoms with Gasteiger partial charge in [0.1, 0.15) is 0 Å². The molecule has 0 aromatic carbocycles. The van der Waals surface area contributed by atoms with E-state index in [9.17, 15) is 13.2 Å². The number of rotatable bonds is 5. The highest BCUT2D eigenvalue weighted by atomic mass is 32.1. The summed E-state index contributed by atoms with van der Waals surface area (Å²) in [5.74, 6) is 0.698. The maximum Gasteiger partial charge on any atom is 0.434 e. The number of guanidine groups is 1. The fraction of sp³-hybridized carbons (Fsp3) is 0.429. The number of hydrogen-bond donors (Lipinski definition) is 1. The molecular weight excluding hydrogens is 345 g/mol. The number of thiazole rings is 1. The molecule has 0 saturated heterocycles. The van der Waals surface area contributed by atoms with E-state index in [0.29, 0.717) is 23.9 Å². The van der Waals surface area contributed by atoms with Gasteiger partial charge in [0.05, 0.1) is 5.01 Å². The third kappa shape index (κ3) is 5.21. The van der Waals surface area contributed by atoms with Crippen LogP contribution >= 0.6 is 22.7 Å². The van der Waals surface area contributed by atoms with Crippen LogP contribution in [0.1, 0.15) is 16.3 Å². The molecule has 0 atom stereocenters. The maximum absolute atomic E-state index is 12.5. The van der Waals surface area contributed by atoms with Crippen LogP contribution in [-0.2, 0) is 19.1 Å². The summed E-state index contributed by atoms with van der Waals surface area (Å²) in [4.78, 5) is 9.76. The van der Waals surface area contributed by atoms with E-state index in [4.69, 9.17) is 0 Å². The SMILES string of the molecule is CN=C(NCCc1nc(C(F)(F)F)cs1)N(C)Cc1ccsc1. The largest absolute Gasteiger partial charge is 0.434 e. The van der Waals surface area contributed by atoms with Crippen molar-refractivity contribution in [3.63, 3.8) is 0 Å². The lowest BCUT2D eigenvalue weighted by Crippen LogP contribution is -2.39. The van der Waals surface area contributed by atoms with Crippen LogP contribution < -0.4 is 5.32 Å². The van der Waals surface area contributed by atoms with E-state index >= 15 is 0 Å². The summed E-state index contributed by atoms with van der Waals surface area (Å²) in [6, 6.07) is 2.04. The van der Waals surface area contributed by atoms with Crippen molar-refractivity contribution in [2.45, 2.75) is 19.1 Å². The molecule has 0 spiro atoms. The molecule has 0 radical (unpaired) electrons. The Morgan fingerprint density at radius 1 is 1.39 bits per heavy atom. The first kappa shape index (κ1) is 17.7. The van der Waals surface area contributed by atoms with Crippen molar-refractivity contribution < 1.29 is 13.2 Å². The van der Waals surface area contributed by atoms with Crippen molar-refractivity contribution in [1.29, 1.82) is 0 Å². The minimum Gasteiger partial charge on any atom is -0.356 e. The van der Waals surface area contributed by atoms with Gasteiger partial charge >= 0.3 is 6.18 Å². The summed E-state index contributed by atoms with van der Waals surface area (Å²) in [5.41, 5.74) is 0.367. The summed E-state index contributed by atoms with van der Waals surface area (Å²) in [6.07, 6.45) is -3.95. The van der Waals surface area contributed by atoms with Gasteiger partial charge in [0, 0.05) is 39.0 Å². The number of nitrogens with one attached hydrogen (secondary N) is 1. The topological polar surface area (TPSA) is 40.5 Å². The predicted molar refractivity (Wildman–Crippen MR) is 88.0 cm³/mol. The van der Waals surface area contributed by atoms with Gasteiger partial charge in [0.2, 0.25) is 0 Å². The van der Waals surface area contributed by atoms with Gasteiger partial charge in [-0.2, -0.15) is 24.5 Å². The van der Waals surface area contributed by atoms with E-state index < -0.39 is 11.9 Å². The fourth-order valence-corrected chi connectivity index (χ4v) is 3.42. The number of nitrogens with zero attached hydrogens (tertiary/aromatic N) is 3. The average Bonchev–Trinajstić information content (AvgIpc) is 3.14. The number of aliphatic imine (C=N–C) groups is 1. The van der Waals surface area contributed by atoms with Gasteiger partial charge < -0.3 is 10.2 Å². The normalized spacial score (nSPS) is 12.5. The van der Waals surface area contributed by atoms with Crippen molar-refractivity contribution >= 4 is 28.6 Å². The van der Waals surface area contributed by atoms with Crippen molar-refractivity contribution in [1.82, 2.24) is 15.2 Å². The molecule has 2 aromatic rings. The summed E-state index contributed by atoms with van der Waals surface area (Å²) >= 11 is 2.66. The quantitative estimate of drug-likeness (QED) is 0.654. The smallest absolute Gasteiger partial charge is 0.356 e. The zero-order valence-corrected chi connectivity index (χ0v) is 14.4. The van der Waals surface area contributed by atoms with Crippen LogP contribution in [0.3, 0.4) is 0 Å². The van der Waals surface area contributed by atoms with Crippen LogP contribution in [0.15, 0.2) is 27.2 Å². The Bertz CT molecular complexity index is 635. The molecule has 23 heavy (non-hydrogen) atoms. The minimum atomic E-state index is -4.38. The minimum absolute atomic E-state index is 0.423. The number of aromatic nitrogens is 1. The molecule has 0 aliphatic carbocycles. The maximum atomic E-state index is 12.5. The first-order valence-corrected chi connectivity index (χ1v) is 8.67. The van der Waals surface area contributed by atoms with Crippen molar-refractivity contribution in [3.05, 3.63) is 38.5 Å². The summed E-state index contributed by atoms with van der Waals surface area (Å²) in [7, 11) is 3.59. The van der Waals surface area contributed by atoms with Crippen LogP contribution in [0.4, 0.5) is 13.2 Å². The second-order valence-corrected chi connectivity index (χ2v) is 6.56. The Morgan fingerprint density at radius 2 is 2.17 bits per heavy atom. The summed E-state index contributed by atoms with van der Waals surface area (Å²) < 4.78 is 37.5. The molecule has 0 saturated carbocycles. The van der Waals surface area contributed by atoms with E-state index in [1.54, 1.807) is 18.4 Å². The summed E-state index contributed by atoms with van der Waals surface area (Å²) in [6.45, 7) is 1.20. The Kier molecular flexibility index (Phi) is 6.00. The third-order valence-electron chi connectivity index (χ3n) is 3.04. The van der Waals surface area contributed by atoms with Gasteiger partial charge in [-0.05, 0) is 22.4 Å². The average molecular weight is 362 g/mol. The predicted octanol–water partition coefficient (Wildman–Crippen LogP) is 3.47. The van der Waals surface area contributed by atoms with Crippen LogP contribution in [0.5, 0.6) is 0 Å².